The van der Waals surface area contributed by atoms with Gasteiger partial charge in [0, 0.05) is 24.7 Å². The average Bonchev–Trinajstić information content (AvgIpc) is 2.64. The van der Waals surface area contributed by atoms with E-state index in [1.807, 2.05) is 0 Å². The highest BCUT2D eigenvalue weighted by Crippen LogP contribution is 2.24. The lowest BCUT2D eigenvalue weighted by Crippen LogP contribution is -2.35. The number of nitrogens with zero attached hydrogens (tertiary/aromatic N) is 1. The van der Waals surface area contributed by atoms with Crippen LogP contribution in [0.2, 0.25) is 5.02 Å². The summed E-state index contributed by atoms with van der Waals surface area (Å²) >= 11 is 6.09. The van der Waals surface area contributed by atoms with Gasteiger partial charge < -0.3 is 5.32 Å². The van der Waals surface area contributed by atoms with E-state index in [0.29, 0.717) is 0 Å². The van der Waals surface area contributed by atoms with Gasteiger partial charge in [0.15, 0.2) is 0 Å². The normalized spacial score (nSPS) is 13.0. The van der Waals surface area contributed by atoms with E-state index < -0.39 is 33.6 Å². The van der Waals surface area contributed by atoms with Crippen molar-refractivity contribution in [1.29, 1.82) is 0 Å². The van der Waals surface area contributed by atoms with Crippen LogP contribution in [-0.4, -0.2) is 37.8 Å². The van der Waals surface area contributed by atoms with Gasteiger partial charge in [0.25, 0.3) is 5.91 Å². The molecule has 0 fully saturated rings. The first-order valence-corrected chi connectivity index (χ1v) is 10.8. The number of halogens is 3. The van der Waals surface area contributed by atoms with E-state index >= 15 is 0 Å². The molecule has 2 rings (SSSR count). The van der Waals surface area contributed by atoms with Crippen molar-refractivity contribution in [3.63, 3.8) is 0 Å². The van der Waals surface area contributed by atoms with Crippen LogP contribution < -0.4 is 5.32 Å². The molecule has 5 nitrogen and oxygen atoms in total. The Labute approximate surface area is 174 Å². The van der Waals surface area contributed by atoms with E-state index in [-0.39, 0.29) is 33.5 Å². The molecule has 0 aliphatic rings. The first kappa shape index (κ1) is 23.3. The van der Waals surface area contributed by atoms with Crippen LogP contribution in [0, 0.1) is 11.6 Å². The number of amides is 1. The van der Waals surface area contributed by atoms with E-state index in [0.717, 1.165) is 12.1 Å². The molecule has 29 heavy (non-hydrogen) atoms. The second-order valence-electron chi connectivity index (χ2n) is 7.04. The molecule has 0 aliphatic carbocycles. The fourth-order valence-corrected chi connectivity index (χ4v) is 4.27. The molecule has 158 valence electrons. The highest BCUT2D eigenvalue weighted by molar-refractivity contribution is 7.89. The minimum atomic E-state index is -3.80. The van der Waals surface area contributed by atoms with Crippen LogP contribution in [-0.2, 0) is 16.4 Å². The van der Waals surface area contributed by atoms with Crippen molar-refractivity contribution in [2.24, 2.45) is 0 Å². The maximum atomic E-state index is 13.8. The summed E-state index contributed by atoms with van der Waals surface area (Å²) in [5, 5.41) is 2.67. The van der Waals surface area contributed by atoms with E-state index in [1.165, 1.54) is 35.6 Å². The van der Waals surface area contributed by atoms with Gasteiger partial charge >= 0.3 is 0 Å². The Morgan fingerprint density at radius 2 is 1.72 bits per heavy atom. The third-order valence-corrected chi connectivity index (χ3v) is 6.90. The van der Waals surface area contributed by atoms with Crippen LogP contribution in [0.15, 0.2) is 41.3 Å². The van der Waals surface area contributed by atoms with Gasteiger partial charge in [0.2, 0.25) is 10.0 Å². The summed E-state index contributed by atoms with van der Waals surface area (Å²) in [6.45, 7) is 5.04. The van der Waals surface area contributed by atoms with Gasteiger partial charge in [-0.3, -0.25) is 4.79 Å². The minimum Gasteiger partial charge on any atom is -0.349 e. The van der Waals surface area contributed by atoms with Crippen molar-refractivity contribution in [1.82, 2.24) is 9.62 Å². The van der Waals surface area contributed by atoms with Crippen LogP contribution in [0.3, 0.4) is 0 Å². The molecule has 1 N–H and O–H groups in total. The van der Waals surface area contributed by atoms with Crippen molar-refractivity contribution in [3.05, 3.63) is 64.2 Å². The minimum absolute atomic E-state index is 0.0363. The summed E-state index contributed by atoms with van der Waals surface area (Å²) in [6, 6.07) is 6.50. The summed E-state index contributed by atoms with van der Waals surface area (Å²) < 4.78 is 54.1. The Balaban J connectivity index is 2.25. The molecule has 0 saturated carbocycles. The lowest BCUT2D eigenvalue weighted by molar-refractivity contribution is 0.0939. The first-order valence-electron chi connectivity index (χ1n) is 8.96. The standard InChI is InChI=1S/C20H23ClF2N2O3S/c1-12(2)25(4)29(27,28)14-8-9-17(21)15(11-14)20(26)24-13(3)10-16-18(22)6-5-7-19(16)23/h5-9,11-13H,10H2,1-4H3,(H,24,26)/t13-/m1/s1. The quantitative estimate of drug-likeness (QED) is 0.701. The summed E-state index contributed by atoms with van der Waals surface area (Å²) in [4.78, 5) is 12.6. The average molecular weight is 445 g/mol. The maximum Gasteiger partial charge on any atom is 0.253 e. The van der Waals surface area contributed by atoms with E-state index in [1.54, 1.807) is 20.8 Å². The predicted molar refractivity (Wildman–Crippen MR) is 109 cm³/mol. The Bertz CT molecular complexity index is 993. The molecule has 0 spiro atoms. The number of benzene rings is 2. The SMILES string of the molecule is CC(C)N(C)S(=O)(=O)c1ccc(Cl)c(C(=O)N[C@H](C)Cc2c(F)cccc2F)c1. The predicted octanol–water partition coefficient (Wildman–Crippen LogP) is 4.01. The van der Waals surface area contributed by atoms with E-state index in [2.05, 4.69) is 5.32 Å². The second kappa shape index (κ2) is 9.19. The number of hydrogen-bond acceptors (Lipinski definition) is 3. The fraction of sp³-hybridized carbons (Fsp3) is 0.350. The molecule has 0 heterocycles. The van der Waals surface area contributed by atoms with Gasteiger partial charge in [-0.25, -0.2) is 17.2 Å². The summed E-state index contributed by atoms with van der Waals surface area (Å²) in [6.07, 6.45) is -0.0735. The first-order chi connectivity index (χ1) is 13.4. The topological polar surface area (TPSA) is 66.5 Å². The van der Waals surface area contributed by atoms with Crippen LogP contribution in [0.5, 0.6) is 0 Å². The number of carbonyl (C=O) groups is 1. The zero-order valence-corrected chi connectivity index (χ0v) is 18.1. The number of carbonyl (C=O) groups excluding carboxylic acids is 1. The summed E-state index contributed by atoms with van der Waals surface area (Å²) in [5.41, 5.74) is -0.174. The largest absolute Gasteiger partial charge is 0.349 e. The molecule has 0 radical (unpaired) electrons. The smallest absolute Gasteiger partial charge is 0.253 e. The van der Waals surface area contributed by atoms with Gasteiger partial charge in [-0.1, -0.05) is 17.7 Å². The third-order valence-electron chi connectivity index (χ3n) is 4.54. The van der Waals surface area contributed by atoms with Gasteiger partial charge in [0.05, 0.1) is 15.5 Å². The van der Waals surface area contributed by atoms with Crippen molar-refractivity contribution in [2.45, 2.75) is 44.2 Å². The second-order valence-corrected chi connectivity index (χ2v) is 9.44. The van der Waals surface area contributed by atoms with Crippen LogP contribution in [0.4, 0.5) is 8.78 Å². The number of rotatable bonds is 7. The Kier molecular flexibility index (Phi) is 7.37. The molecule has 0 bridgehead atoms. The van der Waals surface area contributed by atoms with Crippen molar-refractivity contribution >= 4 is 27.5 Å². The Morgan fingerprint density at radius 1 is 1.14 bits per heavy atom. The molecular weight excluding hydrogens is 422 g/mol. The van der Waals surface area contributed by atoms with Gasteiger partial charge in [-0.15, -0.1) is 0 Å². The van der Waals surface area contributed by atoms with Crippen molar-refractivity contribution in [2.75, 3.05) is 7.05 Å². The molecule has 9 heteroatoms. The molecule has 1 atom stereocenters. The fourth-order valence-electron chi connectivity index (χ4n) is 2.67. The third kappa shape index (κ3) is 5.32. The molecule has 0 unspecified atom stereocenters. The number of hydrogen-bond donors (Lipinski definition) is 1. The Morgan fingerprint density at radius 3 is 2.28 bits per heavy atom. The van der Waals surface area contributed by atoms with Gasteiger partial charge in [-0.05, 0) is 57.5 Å². The summed E-state index contributed by atoms with van der Waals surface area (Å²) in [7, 11) is -2.36. The van der Waals surface area contributed by atoms with Crippen LogP contribution in [0.25, 0.3) is 0 Å². The molecule has 0 aromatic heterocycles. The Hall–Kier alpha value is -2.03. The zero-order valence-electron chi connectivity index (χ0n) is 16.5. The van der Waals surface area contributed by atoms with Crippen molar-refractivity contribution in [3.8, 4) is 0 Å². The zero-order chi connectivity index (χ0) is 21.9. The maximum absolute atomic E-state index is 13.8. The molecule has 1 amide bonds. The van der Waals surface area contributed by atoms with Crippen molar-refractivity contribution < 1.29 is 22.0 Å². The number of sulfonamides is 1. The lowest BCUT2D eigenvalue weighted by Gasteiger charge is -2.21. The molecule has 2 aromatic carbocycles. The number of nitrogens with one attached hydrogen (secondary N) is 1. The van der Waals surface area contributed by atoms with Gasteiger partial charge in [-0.2, -0.15) is 4.31 Å². The summed E-state index contributed by atoms with van der Waals surface area (Å²) in [5.74, 6) is -2.04. The molecular formula is C20H23ClF2N2O3S. The molecule has 2 aromatic rings. The van der Waals surface area contributed by atoms with E-state index in [4.69, 9.17) is 11.6 Å². The molecule has 0 saturated heterocycles. The van der Waals surface area contributed by atoms with Gasteiger partial charge in [0.1, 0.15) is 11.6 Å². The lowest BCUT2D eigenvalue weighted by atomic mass is 10.1. The highest BCUT2D eigenvalue weighted by Gasteiger charge is 2.25. The highest BCUT2D eigenvalue weighted by atomic mass is 35.5. The van der Waals surface area contributed by atoms with E-state index in [9.17, 15) is 22.0 Å². The monoisotopic (exact) mass is 444 g/mol. The van der Waals surface area contributed by atoms with Crippen LogP contribution >= 0.6 is 11.6 Å². The van der Waals surface area contributed by atoms with Crippen LogP contribution in [0.1, 0.15) is 36.7 Å². The molecule has 0 aliphatic heterocycles.